The average molecular weight is 371 g/mol. The zero-order valence-electron chi connectivity index (χ0n) is 15.9. The summed E-state index contributed by atoms with van der Waals surface area (Å²) in [5, 5.41) is 3.80. The Morgan fingerprint density at radius 3 is 2.74 bits per heavy atom. The normalized spacial score (nSPS) is 24.0. The van der Waals surface area contributed by atoms with Gasteiger partial charge >= 0.3 is 6.09 Å². The van der Waals surface area contributed by atoms with Gasteiger partial charge in [-0.25, -0.2) is 4.79 Å². The first-order valence-electron chi connectivity index (χ1n) is 9.41. The number of nitrogens with one attached hydrogen (secondary N) is 1. The quantitative estimate of drug-likeness (QED) is 0.893. The fraction of sp³-hybridized carbons (Fsp3) is 0.550. The van der Waals surface area contributed by atoms with Crippen LogP contribution in [0.2, 0.25) is 0 Å². The van der Waals surface area contributed by atoms with E-state index in [1.54, 1.807) is 23.4 Å². The number of nitrogens with zero attached hydrogens (tertiary/aromatic N) is 2. The first kappa shape index (κ1) is 17.8. The van der Waals surface area contributed by atoms with E-state index >= 15 is 0 Å². The monoisotopic (exact) mass is 371 g/mol. The molecule has 1 unspecified atom stereocenters. The van der Waals surface area contributed by atoms with Gasteiger partial charge in [-0.05, 0) is 57.1 Å². The van der Waals surface area contributed by atoms with Gasteiger partial charge < -0.3 is 19.4 Å². The molecule has 1 aliphatic carbocycles. The molecule has 4 rings (SSSR count). The van der Waals surface area contributed by atoms with Crippen molar-refractivity contribution in [1.82, 2.24) is 15.2 Å². The lowest BCUT2D eigenvalue weighted by Gasteiger charge is -2.25. The van der Waals surface area contributed by atoms with Gasteiger partial charge in [-0.3, -0.25) is 9.78 Å². The molecular weight excluding hydrogens is 346 g/mol. The standard InChI is InChI=1S/C20H25N3O4/c1-20(2,3)27-19(25)23-10-14-13(15(14)11-23)5-7-22-18(24)16-8-12-4-6-21-9-17(12)26-16/h4,6,8-9,13-15H,5,7,10-11H2,1-3H3,(H,22,24)/t13?,14-,15+. The van der Waals surface area contributed by atoms with E-state index in [4.69, 9.17) is 9.15 Å². The van der Waals surface area contributed by atoms with Crippen molar-refractivity contribution in [2.75, 3.05) is 19.6 Å². The Morgan fingerprint density at radius 1 is 1.33 bits per heavy atom. The minimum atomic E-state index is -0.458. The highest BCUT2D eigenvalue weighted by Gasteiger charge is 2.56. The van der Waals surface area contributed by atoms with E-state index < -0.39 is 5.60 Å². The van der Waals surface area contributed by atoms with Crippen molar-refractivity contribution in [2.45, 2.75) is 32.8 Å². The number of carbonyl (C=O) groups is 2. The second kappa shape index (κ2) is 6.55. The number of piperidine rings is 1. The Hall–Kier alpha value is -2.57. The van der Waals surface area contributed by atoms with Gasteiger partial charge in [-0.1, -0.05) is 0 Å². The number of carbonyl (C=O) groups excluding carboxylic acids is 2. The molecule has 1 saturated carbocycles. The van der Waals surface area contributed by atoms with Gasteiger partial charge in [0.1, 0.15) is 5.60 Å². The van der Waals surface area contributed by atoms with Crippen molar-refractivity contribution in [3.63, 3.8) is 0 Å². The summed E-state index contributed by atoms with van der Waals surface area (Å²) in [6.07, 6.45) is 3.98. The van der Waals surface area contributed by atoms with Crippen LogP contribution in [0.4, 0.5) is 4.79 Å². The van der Waals surface area contributed by atoms with Crippen molar-refractivity contribution in [3.05, 3.63) is 30.3 Å². The molecule has 7 heteroatoms. The zero-order valence-corrected chi connectivity index (χ0v) is 15.9. The second-order valence-corrected chi connectivity index (χ2v) is 8.45. The first-order chi connectivity index (χ1) is 12.8. The topological polar surface area (TPSA) is 84.7 Å². The number of rotatable bonds is 4. The Labute approximate surface area is 158 Å². The maximum atomic E-state index is 12.2. The number of hydrogen-bond donors (Lipinski definition) is 1. The Balaban J connectivity index is 1.21. The molecule has 1 N–H and O–H groups in total. The van der Waals surface area contributed by atoms with E-state index in [0.717, 1.165) is 24.9 Å². The Bertz CT molecular complexity index is 824. The maximum absolute atomic E-state index is 12.2. The smallest absolute Gasteiger partial charge is 0.410 e. The summed E-state index contributed by atoms with van der Waals surface area (Å²) < 4.78 is 11.0. The minimum Gasteiger partial charge on any atom is -0.449 e. The molecule has 0 bridgehead atoms. The van der Waals surface area contributed by atoms with Crippen LogP contribution in [0.3, 0.4) is 0 Å². The largest absolute Gasteiger partial charge is 0.449 e. The number of likely N-dealkylation sites (tertiary alicyclic amines) is 1. The molecule has 2 aliphatic rings. The van der Waals surface area contributed by atoms with Crippen molar-refractivity contribution in [3.8, 4) is 0 Å². The number of fused-ring (bicyclic) bond motifs is 2. The van der Waals surface area contributed by atoms with Crippen LogP contribution in [0.1, 0.15) is 37.7 Å². The average Bonchev–Trinajstić information content (AvgIpc) is 3.00. The van der Waals surface area contributed by atoms with Crippen LogP contribution in [0.5, 0.6) is 0 Å². The van der Waals surface area contributed by atoms with E-state index in [9.17, 15) is 9.59 Å². The van der Waals surface area contributed by atoms with Crippen LogP contribution in [-0.2, 0) is 4.74 Å². The van der Waals surface area contributed by atoms with Crippen LogP contribution in [0, 0.1) is 17.8 Å². The van der Waals surface area contributed by atoms with Crippen molar-refractivity contribution >= 4 is 23.0 Å². The number of pyridine rings is 1. The molecule has 2 amide bonds. The van der Waals surface area contributed by atoms with Gasteiger partial charge in [0.2, 0.25) is 0 Å². The van der Waals surface area contributed by atoms with E-state index in [2.05, 4.69) is 10.3 Å². The van der Waals surface area contributed by atoms with Crippen LogP contribution in [0.25, 0.3) is 11.0 Å². The molecular formula is C20H25N3O4. The summed E-state index contributed by atoms with van der Waals surface area (Å²) in [7, 11) is 0. The molecule has 2 aromatic rings. The lowest BCUT2D eigenvalue weighted by Crippen LogP contribution is -2.37. The van der Waals surface area contributed by atoms with Gasteiger partial charge in [-0.2, -0.15) is 0 Å². The maximum Gasteiger partial charge on any atom is 0.410 e. The summed E-state index contributed by atoms with van der Waals surface area (Å²) in [4.78, 5) is 30.1. The van der Waals surface area contributed by atoms with E-state index in [1.807, 2.05) is 26.8 Å². The molecule has 0 spiro atoms. The Kier molecular flexibility index (Phi) is 4.32. The van der Waals surface area contributed by atoms with Crippen LogP contribution in [0.15, 0.2) is 28.9 Å². The molecule has 0 radical (unpaired) electrons. The fourth-order valence-corrected chi connectivity index (χ4v) is 3.99. The molecule has 27 heavy (non-hydrogen) atoms. The van der Waals surface area contributed by atoms with Crippen LogP contribution in [-0.4, -0.2) is 47.1 Å². The summed E-state index contributed by atoms with van der Waals surface area (Å²) >= 11 is 0. The number of amides is 2. The SMILES string of the molecule is CC(C)(C)OC(=O)N1C[C@@H]2C(CCNC(=O)c3cc4ccncc4o3)[C@@H]2C1. The fourth-order valence-electron chi connectivity index (χ4n) is 3.99. The summed E-state index contributed by atoms with van der Waals surface area (Å²) in [5.41, 5.74) is 0.155. The molecule has 1 aliphatic heterocycles. The lowest BCUT2D eigenvalue weighted by molar-refractivity contribution is 0.0265. The highest BCUT2D eigenvalue weighted by atomic mass is 16.6. The minimum absolute atomic E-state index is 0.201. The number of ether oxygens (including phenoxy) is 1. The number of aromatic nitrogens is 1. The Morgan fingerprint density at radius 2 is 2.07 bits per heavy atom. The number of furan rings is 1. The molecule has 2 fully saturated rings. The van der Waals surface area contributed by atoms with Gasteiger partial charge in [0.05, 0.1) is 6.20 Å². The predicted molar refractivity (Wildman–Crippen MR) is 99.2 cm³/mol. The van der Waals surface area contributed by atoms with Gasteiger partial charge in [-0.15, -0.1) is 0 Å². The molecule has 3 atom stereocenters. The molecule has 0 aromatic carbocycles. The third kappa shape index (κ3) is 3.77. The predicted octanol–water partition coefficient (Wildman–Crippen LogP) is 3.06. The van der Waals surface area contributed by atoms with Crippen molar-refractivity contribution in [1.29, 1.82) is 0 Å². The van der Waals surface area contributed by atoms with Gasteiger partial charge in [0.25, 0.3) is 5.91 Å². The van der Waals surface area contributed by atoms with E-state index in [-0.39, 0.29) is 12.0 Å². The summed E-state index contributed by atoms with van der Waals surface area (Å²) in [6.45, 7) is 7.77. The third-order valence-electron chi connectivity index (χ3n) is 5.33. The highest BCUT2D eigenvalue weighted by molar-refractivity contribution is 5.95. The van der Waals surface area contributed by atoms with Crippen molar-refractivity contribution < 1.29 is 18.7 Å². The lowest BCUT2D eigenvalue weighted by atomic mass is 10.2. The van der Waals surface area contributed by atoms with Crippen LogP contribution >= 0.6 is 0 Å². The molecule has 3 heterocycles. The zero-order chi connectivity index (χ0) is 19.2. The van der Waals surface area contributed by atoms with E-state index in [1.165, 1.54) is 0 Å². The summed E-state index contributed by atoms with van der Waals surface area (Å²) in [6, 6.07) is 3.55. The number of hydrogen-bond acceptors (Lipinski definition) is 5. The molecule has 7 nitrogen and oxygen atoms in total. The molecule has 1 saturated heterocycles. The van der Waals surface area contributed by atoms with Crippen molar-refractivity contribution in [2.24, 2.45) is 17.8 Å². The second-order valence-electron chi connectivity index (χ2n) is 8.45. The van der Waals surface area contributed by atoms with Crippen LogP contribution < -0.4 is 5.32 Å². The molecule has 144 valence electrons. The van der Waals surface area contributed by atoms with Gasteiger partial charge in [0, 0.05) is 31.2 Å². The summed E-state index contributed by atoms with van der Waals surface area (Å²) in [5.74, 6) is 1.75. The third-order valence-corrected chi connectivity index (χ3v) is 5.33. The van der Waals surface area contributed by atoms with Gasteiger partial charge in [0.15, 0.2) is 11.3 Å². The highest BCUT2D eigenvalue weighted by Crippen LogP contribution is 2.53. The molecule has 2 aromatic heterocycles. The van der Waals surface area contributed by atoms with E-state index in [0.29, 0.717) is 35.6 Å². The first-order valence-corrected chi connectivity index (χ1v) is 9.41.